The summed E-state index contributed by atoms with van der Waals surface area (Å²) in [5.41, 5.74) is 0.569. The fraction of sp³-hybridized carbons (Fsp3) is 0.579. The van der Waals surface area contributed by atoms with Crippen LogP contribution in [0, 0.1) is 5.92 Å². The number of amides is 2. The summed E-state index contributed by atoms with van der Waals surface area (Å²) in [5, 5.41) is 3.07. The number of piperidine rings is 1. The molecule has 0 saturated carbocycles. The van der Waals surface area contributed by atoms with Gasteiger partial charge in [0, 0.05) is 30.6 Å². The van der Waals surface area contributed by atoms with Crippen molar-refractivity contribution in [3.05, 3.63) is 23.8 Å². The van der Waals surface area contributed by atoms with E-state index in [4.69, 9.17) is 9.47 Å². The quantitative estimate of drug-likeness (QED) is 0.890. The fourth-order valence-electron chi connectivity index (χ4n) is 3.45. The highest BCUT2D eigenvalue weighted by molar-refractivity contribution is 5.95. The Morgan fingerprint density at radius 2 is 1.84 bits per heavy atom. The summed E-state index contributed by atoms with van der Waals surface area (Å²) in [6.45, 7) is 5.74. The molecule has 0 radical (unpaired) electrons. The molecule has 2 aliphatic heterocycles. The largest absolute Gasteiger partial charge is 0.454 e. The highest BCUT2D eigenvalue weighted by atomic mass is 16.7. The third-order valence-electron chi connectivity index (χ3n) is 5.11. The number of benzene rings is 1. The van der Waals surface area contributed by atoms with Gasteiger partial charge >= 0.3 is 0 Å². The van der Waals surface area contributed by atoms with E-state index in [0.29, 0.717) is 30.2 Å². The van der Waals surface area contributed by atoms with Gasteiger partial charge in [-0.2, -0.15) is 0 Å². The maximum atomic E-state index is 12.4. The van der Waals surface area contributed by atoms with Crippen LogP contribution >= 0.6 is 0 Å². The number of rotatable bonds is 5. The summed E-state index contributed by atoms with van der Waals surface area (Å²) in [6, 6.07) is 5.32. The van der Waals surface area contributed by atoms with Crippen LogP contribution in [0.2, 0.25) is 0 Å². The molecule has 0 spiro atoms. The summed E-state index contributed by atoms with van der Waals surface area (Å²) in [7, 11) is 0. The molecular weight excluding hydrogens is 320 g/mol. The van der Waals surface area contributed by atoms with Crippen LogP contribution in [-0.4, -0.2) is 42.6 Å². The molecule has 0 unspecified atom stereocenters. The zero-order valence-electron chi connectivity index (χ0n) is 14.9. The van der Waals surface area contributed by atoms with Gasteiger partial charge in [-0.05, 0) is 43.9 Å². The zero-order chi connectivity index (χ0) is 17.8. The number of carbonyl (C=O) groups is 2. The fourth-order valence-corrected chi connectivity index (χ4v) is 3.45. The third kappa shape index (κ3) is 3.89. The minimum absolute atomic E-state index is 0.101. The lowest BCUT2D eigenvalue weighted by molar-refractivity contribution is -0.136. The van der Waals surface area contributed by atoms with Gasteiger partial charge in [0.1, 0.15) is 0 Å². The Balaban J connectivity index is 1.52. The number of fused-ring (bicyclic) bond motifs is 1. The molecule has 0 atom stereocenters. The van der Waals surface area contributed by atoms with Crippen LogP contribution in [0.15, 0.2) is 18.2 Å². The first kappa shape index (κ1) is 17.6. The first-order valence-corrected chi connectivity index (χ1v) is 9.11. The average Bonchev–Trinajstić information content (AvgIpc) is 3.11. The van der Waals surface area contributed by atoms with Crippen LogP contribution in [0.1, 0.15) is 49.9 Å². The third-order valence-corrected chi connectivity index (χ3v) is 5.11. The summed E-state index contributed by atoms with van der Waals surface area (Å²) in [4.78, 5) is 26.8. The average molecular weight is 346 g/mol. The standard InChI is InChI=1S/C19H26N2O4/c1-3-13(4-2)19(23)21-9-7-15(8-10-21)20-18(22)14-5-6-16-17(11-14)25-12-24-16/h5-6,11,13,15H,3-4,7-10,12H2,1-2H3,(H,20,22). The number of nitrogens with zero attached hydrogens (tertiary/aromatic N) is 1. The lowest BCUT2D eigenvalue weighted by Crippen LogP contribution is -2.48. The monoisotopic (exact) mass is 346 g/mol. The van der Waals surface area contributed by atoms with E-state index in [1.54, 1.807) is 18.2 Å². The molecule has 2 heterocycles. The lowest BCUT2D eigenvalue weighted by atomic mass is 9.98. The minimum Gasteiger partial charge on any atom is -0.454 e. The normalized spacial score (nSPS) is 17.0. The Kier molecular flexibility index (Phi) is 5.46. The highest BCUT2D eigenvalue weighted by Crippen LogP contribution is 2.32. The van der Waals surface area contributed by atoms with Gasteiger partial charge in [-0.1, -0.05) is 13.8 Å². The van der Waals surface area contributed by atoms with Gasteiger partial charge < -0.3 is 19.7 Å². The van der Waals surface area contributed by atoms with Gasteiger partial charge in [0.05, 0.1) is 0 Å². The molecule has 2 amide bonds. The Morgan fingerprint density at radius 3 is 2.52 bits per heavy atom. The number of nitrogens with one attached hydrogen (secondary N) is 1. The lowest BCUT2D eigenvalue weighted by Gasteiger charge is -2.34. The van der Waals surface area contributed by atoms with Gasteiger partial charge in [0.25, 0.3) is 5.91 Å². The van der Waals surface area contributed by atoms with Crippen LogP contribution in [0.4, 0.5) is 0 Å². The van der Waals surface area contributed by atoms with Gasteiger partial charge in [0.2, 0.25) is 12.7 Å². The van der Waals surface area contributed by atoms with E-state index in [1.165, 1.54) is 0 Å². The maximum Gasteiger partial charge on any atom is 0.251 e. The van der Waals surface area contributed by atoms with E-state index in [-0.39, 0.29) is 30.6 Å². The number of carbonyl (C=O) groups excluding carboxylic acids is 2. The van der Waals surface area contributed by atoms with Crippen molar-refractivity contribution in [2.45, 2.75) is 45.6 Å². The van der Waals surface area contributed by atoms with E-state index in [9.17, 15) is 9.59 Å². The second-order valence-corrected chi connectivity index (χ2v) is 6.65. The predicted molar refractivity (Wildman–Crippen MR) is 93.7 cm³/mol. The van der Waals surface area contributed by atoms with Crippen molar-refractivity contribution >= 4 is 11.8 Å². The smallest absolute Gasteiger partial charge is 0.251 e. The van der Waals surface area contributed by atoms with E-state index in [0.717, 1.165) is 25.7 Å². The predicted octanol–water partition coefficient (Wildman–Crippen LogP) is 2.57. The summed E-state index contributed by atoms with van der Waals surface area (Å²) < 4.78 is 10.6. The van der Waals surface area contributed by atoms with Crippen molar-refractivity contribution < 1.29 is 19.1 Å². The van der Waals surface area contributed by atoms with E-state index in [2.05, 4.69) is 19.2 Å². The highest BCUT2D eigenvalue weighted by Gasteiger charge is 2.27. The van der Waals surface area contributed by atoms with Crippen molar-refractivity contribution in [2.24, 2.45) is 5.92 Å². The molecule has 3 rings (SSSR count). The molecule has 1 N–H and O–H groups in total. The first-order chi connectivity index (χ1) is 12.1. The van der Waals surface area contributed by atoms with Crippen LogP contribution in [0.5, 0.6) is 11.5 Å². The molecule has 25 heavy (non-hydrogen) atoms. The number of likely N-dealkylation sites (tertiary alicyclic amines) is 1. The minimum atomic E-state index is -0.108. The molecule has 2 aliphatic rings. The molecule has 0 bridgehead atoms. The molecule has 0 aromatic heterocycles. The van der Waals surface area contributed by atoms with Crippen molar-refractivity contribution in [3.8, 4) is 11.5 Å². The van der Waals surface area contributed by atoms with Crippen molar-refractivity contribution in [3.63, 3.8) is 0 Å². The Hall–Kier alpha value is -2.24. The van der Waals surface area contributed by atoms with Gasteiger partial charge in [-0.25, -0.2) is 0 Å². The van der Waals surface area contributed by atoms with Crippen molar-refractivity contribution in [1.29, 1.82) is 0 Å². The van der Waals surface area contributed by atoms with Gasteiger partial charge in [0.15, 0.2) is 11.5 Å². The van der Waals surface area contributed by atoms with Crippen molar-refractivity contribution in [1.82, 2.24) is 10.2 Å². The number of hydrogen-bond acceptors (Lipinski definition) is 4. The molecule has 1 fully saturated rings. The van der Waals surface area contributed by atoms with Gasteiger partial charge in [-0.15, -0.1) is 0 Å². The maximum absolute atomic E-state index is 12.4. The Bertz CT molecular complexity index is 634. The molecular formula is C19H26N2O4. The Labute approximate surface area is 148 Å². The molecule has 1 aromatic rings. The van der Waals surface area contributed by atoms with Crippen LogP contribution in [-0.2, 0) is 4.79 Å². The summed E-state index contributed by atoms with van der Waals surface area (Å²) in [6.07, 6.45) is 3.36. The SMILES string of the molecule is CCC(CC)C(=O)N1CCC(NC(=O)c2ccc3c(c2)OCO3)CC1. The second kappa shape index (κ2) is 7.76. The summed E-state index contributed by atoms with van der Waals surface area (Å²) >= 11 is 0. The van der Waals surface area contributed by atoms with E-state index >= 15 is 0 Å². The molecule has 6 heteroatoms. The zero-order valence-corrected chi connectivity index (χ0v) is 14.9. The second-order valence-electron chi connectivity index (χ2n) is 6.65. The van der Waals surface area contributed by atoms with Crippen LogP contribution in [0.3, 0.4) is 0 Å². The van der Waals surface area contributed by atoms with E-state index < -0.39 is 0 Å². The molecule has 0 aliphatic carbocycles. The molecule has 136 valence electrons. The van der Waals surface area contributed by atoms with Crippen LogP contribution < -0.4 is 14.8 Å². The van der Waals surface area contributed by atoms with Gasteiger partial charge in [-0.3, -0.25) is 9.59 Å². The molecule has 6 nitrogen and oxygen atoms in total. The number of ether oxygens (including phenoxy) is 2. The summed E-state index contributed by atoms with van der Waals surface area (Å²) in [5.74, 6) is 1.55. The van der Waals surface area contributed by atoms with Crippen molar-refractivity contribution in [2.75, 3.05) is 19.9 Å². The number of hydrogen-bond donors (Lipinski definition) is 1. The van der Waals surface area contributed by atoms with Crippen LogP contribution in [0.25, 0.3) is 0 Å². The molecule has 1 aromatic carbocycles. The van der Waals surface area contributed by atoms with E-state index in [1.807, 2.05) is 4.90 Å². The Morgan fingerprint density at radius 1 is 1.16 bits per heavy atom. The molecule has 1 saturated heterocycles. The first-order valence-electron chi connectivity index (χ1n) is 9.11. The topological polar surface area (TPSA) is 67.9 Å².